The zero-order chi connectivity index (χ0) is 45.7. The maximum Gasteiger partial charge on any atom is 1.27 e. The van der Waals surface area contributed by atoms with Crippen LogP contribution in [-0.2, 0) is 0 Å². The topological polar surface area (TPSA) is 230 Å². The van der Waals surface area contributed by atoms with Crippen LogP contribution in [0.4, 0.5) is 0 Å². The van der Waals surface area contributed by atoms with Crippen LogP contribution in [0.25, 0.3) is 40.6 Å². The van der Waals surface area contributed by atoms with Gasteiger partial charge < -0.3 is 0 Å². The van der Waals surface area contributed by atoms with E-state index in [1.165, 1.54) is 0 Å². The lowest BCUT2D eigenvalue weighted by Gasteiger charge is -2.07. The van der Waals surface area contributed by atoms with Gasteiger partial charge in [0.05, 0.1) is 34.2 Å². The monoisotopic (exact) mass is 877 g/mol. The van der Waals surface area contributed by atoms with Crippen molar-refractivity contribution in [1.29, 1.82) is 42.1 Å². The Morgan fingerprint density at radius 1 is 0.288 bits per heavy atom. The van der Waals surface area contributed by atoms with Crippen molar-refractivity contribution in [2.75, 3.05) is 0 Å². The van der Waals surface area contributed by atoms with Crippen LogP contribution in [-0.4, -0.2) is 49.9 Å². The molecule has 0 aromatic rings. The minimum Gasteiger partial charge on any atom is -0.267 e. The van der Waals surface area contributed by atoms with Crippen LogP contribution in [0.1, 0.15) is 77.0 Å². The highest BCUT2D eigenvalue weighted by atomic mass is 28.4. The molecule has 0 aliphatic carbocycles. The number of nitriles is 8. The zero-order valence-electron chi connectivity index (χ0n) is 32.8. The smallest absolute Gasteiger partial charge is 0.267 e. The summed E-state index contributed by atoms with van der Waals surface area (Å²) in [4.78, 5) is 0. The van der Waals surface area contributed by atoms with E-state index in [1.807, 2.05) is 34.2 Å². The van der Waals surface area contributed by atoms with Crippen molar-refractivity contribution in [2.45, 2.75) is 120 Å². The van der Waals surface area contributed by atoms with Gasteiger partial charge in [0.25, 0.3) is 8.07 Å². The number of hydrogen-bond acceptors (Lipinski definition) is 8. The Labute approximate surface area is 355 Å². The Morgan fingerprint density at radius 3 is 0.678 bits per heavy atom. The van der Waals surface area contributed by atoms with Crippen molar-refractivity contribution in [2.24, 2.45) is 0 Å². The molecule has 0 atom stereocenters. The minimum atomic E-state index is -3.15. The highest BCUT2D eigenvalue weighted by Gasteiger charge is 2.78. The van der Waals surface area contributed by atoms with Gasteiger partial charge in [0, 0.05) is 11.4 Å². The maximum absolute atomic E-state index is 8.91. The van der Waals surface area contributed by atoms with Crippen LogP contribution in [0.15, 0.2) is 0 Å². The molecule has 0 saturated heterocycles. The Bertz CT molecular complexity index is 1880. The summed E-state index contributed by atoms with van der Waals surface area (Å²) >= 11 is 0. The summed E-state index contributed by atoms with van der Waals surface area (Å²) < 4.78 is 29.0. The molecule has 0 rings (SSSR count). The Hall–Kier alpha value is -7.37. The highest BCUT2D eigenvalue weighted by molar-refractivity contribution is 7.00. The van der Waals surface area contributed by atoms with Crippen LogP contribution in [0.3, 0.4) is 0 Å². The summed E-state index contributed by atoms with van der Waals surface area (Å²) in [5, 5.41) is 70.9. The van der Waals surface area contributed by atoms with E-state index in [0.717, 1.165) is 44.9 Å². The highest BCUT2D eigenvalue weighted by Crippen LogP contribution is 2.24. The van der Waals surface area contributed by atoms with Gasteiger partial charge in [-0.1, -0.05) is 57.8 Å². The first-order valence-corrected chi connectivity index (χ1v) is 31.2. The molecule has 23 heteroatoms. The van der Waals surface area contributed by atoms with Crippen molar-refractivity contribution in [1.82, 2.24) is 0 Å². The number of nitrogens with zero attached hydrogens (tertiary/aromatic N) is 17. The first-order valence-electron chi connectivity index (χ1n) is 17.9. The Morgan fingerprint density at radius 2 is 0.475 bits per heavy atom. The second kappa shape index (κ2) is 30.8. The summed E-state index contributed by atoms with van der Waals surface area (Å²) in [7, 11) is -17.7. The molecule has 0 aliphatic heterocycles. The van der Waals surface area contributed by atoms with Gasteiger partial charge >= 0.3 is 41.8 Å². The third kappa shape index (κ3) is 20.4. The van der Waals surface area contributed by atoms with Gasteiger partial charge in [0.15, 0.2) is 18.1 Å². The second-order valence-electron chi connectivity index (χ2n) is 13.1. The van der Waals surface area contributed by atoms with Crippen molar-refractivity contribution in [3.63, 3.8) is 0 Å². The van der Waals surface area contributed by atoms with Gasteiger partial charge in [-0.25, -0.2) is 42.1 Å². The first kappa shape index (κ1) is 56.0. The van der Waals surface area contributed by atoms with Crippen LogP contribution in [0.2, 0.25) is 42.8 Å². The molecule has 17 nitrogen and oxygen atoms in total. The third-order valence-corrected chi connectivity index (χ3v) is 22.0. The average Bonchev–Trinajstić information content (AvgIpc) is 3.29. The summed E-state index contributed by atoms with van der Waals surface area (Å²) in [6.07, 6.45) is 9.01. The fourth-order valence-electron chi connectivity index (χ4n) is 4.76. The number of unbranched alkanes of at least 4 members (excludes halogenated alkanes) is 9. The molecular formula is C36H39N17Si6. The normalized spacial score (nSPS) is 10.0. The van der Waals surface area contributed by atoms with E-state index in [4.69, 9.17) is 101 Å². The predicted molar refractivity (Wildman–Crippen MR) is 229 cm³/mol. The zero-order valence-corrected chi connectivity index (χ0v) is 38.8. The van der Waals surface area contributed by atoms with E-state index in [2.05, 4.69) is 52.0 Å². The van der Waals surface area contributed by atoms with Crippen LogP contribution >= 0.6 is 0 Å². The molecule has 59 heavy (non-hydrogen) atoms. The molecule has 0 unspecified atom stereocenters. The lowest BCUT2D eigenvalue weighted by atomic mass is 10.2. The second-order valence-corrected chi connectivity index (χ2v) is 30.8. The van der Waals surface area contributed by atoms with E-state index in [0.29, 0.717) is 68.4 Å². The molecular weight excluding hydrogens is 839 g/mol. The lowest BCUT2D eigenvalue weighted by Crippen LogP contribution is -2.29. The molecule has 0 aromatic heterocycles. The molecule has 0 bridgehead atoms. The van der Waals surface area contributed by atoms with Gasteiger partial charge in [0.2, 0.25) is 0 Å². The van der Waals surface area contributed by atoms with E-state index >= 15 is 0 Å². The molecule has 0 spiro atoms. The fraction of sp³-hybridized carbons (Fsp3) is 0.528. The SMILES string of the molecule is [C-]#[N+][Si](CCCCCCC[Si](C)(C#N)C#N)([N+]#[C-])[N+]#[C-].[C-]#[N+][Si](CCCCCC[Si](C#N)(C#N)C#N)([N+]#[C-])[N+]#[C-].[C-]#[N+][Si](CCCCC[Si](C#N)(C#N)C#N)([N+]#[C-])[N+]#[C-]. The maximum atomic E-state index is 8.91. The van der Waals surface area contributed by atoms with E-state index in [-0.39, 0.29) is 0 Å². The molecule has 0 amide bonds. The van der Waals surface area contributed by atoms with E-state index in [9.17, 15) is 0 Å². The van der Waals surface area contributed by atoms with Gasteiger partial charge in [-0.3, -0.25) is 99.7 Å². The van der Waals surface area contributed by atoms with Crippen LogP contribution in [0, 0.1) is 147 Å². The number of rotatable bonds is 21. The van der Waals surface area contributed by atoms with Crippen LogP contribution in [0.5, 0.6) is 0 Å². The van der Waals surface area contributed by atoms with E-state index in [1.54, 1.807) is 6.55 Å². The molecule has 0 radical (unpaired) electrons. The predicted octanol–water partition coefficient (Wildman–Crippen LogP) is 9.21. The van der Waals surface area contributed by atoms with Gasteiger partial charge in [-0.05, 0) is 43.9 Å². The van der Waals surface area contributed by atoms with Crippen molar-refractivity contribution < 1.29 is 0 Å². The molecule has 0 saturated carbocycles. The number of hydrogen-bond donors (Lipinski definition) is 0. The average molecular weight is 878 g/mol. The molecule has 0 heterocycles. The summed E-state index contributed by atoms with van der Waals surface area (Å²) in [6, 6.07) is 2.42. The Balaban J connectivity index is -0.000000798. The summed E-state index contributed by atoms with van der Waals surface area (Å²) in [5.74, 6) is 0. The van der Waals surface area contributed by atoms with Crippen molar-refractivity contribution in [3.8, 4) is 45.5 Å². The van der Waals surface area contributed by atoms with Crippen molar-refractivity contribution >= 4 is 49.9 Å². The molecule has 0 fully saturated rings. The van der Waals surface area contributed by atoms with Gasteiger partial charge in [-0.15, -0.1) is 0 Å². The quantitative estimate of drug-likeness (QED) is 0.0611. The molecule has 0 N–H and O–H groups in total. The standard InChI is InChI=1S/C13H17N5Si2.C12H12N6Si2.C11H10N6Si2/c1-16-20(17-2,18-3)11-9-7-5-6-8-10-19(4,12-14)13-15;1-16-20(17-2,18-3)9-7-5-4-6-8-19(10-13,11-14)12-15;1-15-19(16-2,17-3)8-6-4-5-7-18(9-12,10-13)11-14/h5-11H2,4H3;4-9H2;4-8H2. The largest absolute Gasteiger partial charge is 1.27 e. The van der Waals surface area contributed by atoms with Crippen LogP contribution < -0.4 is 0 Å². The summed E-state index contributed by atoms with van der Waals surface area (Å²) in [6.45, 7) is 64.2. The van der Waals surface area contributed by atoms with Gasteiger partial charge in [0.1, 0.15) is 0 Å². The summed E-state index contributed by atoms with van der Waals surface area (Å²) in [5.41, 5.74) is 15.4. The Kier molecular flexibility index (Phi) is 29.2. The molecule has 0 aromatic carbocycles. The minimum absolute atomic E-state index is 0.291. The first-order chi connectivity index (χ1) is 28.2. The van der Waals surface area contributed by atoms with Crippen molar-refractivity contribution in [3.05, 3.63) is 99.7 Å². The lowest BCUT2D eigenvalue weighted by molar-refractivity contribution is 0.651. The third-order valence-electron chi connectivity index (χ3n) is 8.82. The van der Waals surface area contributed by atoms with Gasteiger partial charge in [-0.2, -0.15) is 0 Å². The van der Waals surface area contributed by atoms with E-state index < -0.39 is 49.9 Å². The molecule has 0 aliphatic rings. The fourth-order valence-corrected chi connectivity index (χ4v) is 12.1. The molecule has 292 valence electrons.